The highest BCUT2D eigenvalue weighted by Gasteiger charge is 2.14. The van der Waals surface area contributed by atoms with E-state index in [-0.39, 0.29) is 11.9 Å². The van der Waals surface area contributed by atoms with E-state index in [9.17, 15) is 4.79 Å². The first-order valence-corrected chi connectivity index (χ1v) is 11.5. The number of carbonyl (C=O) groups excluding carboxylic acids is 1. The van der Waals surface area contributed by atoms with Crippen molar-refractivity contribution in [1.29, 1.82) is 0 Å². The zero-order chi connectivity index (χ0) is 23.8. The predicted octanol–water partition coefficient (Wildman–Crippen LogP) is 6.82. The molecule has 0 unspecified atom stereocenters. The summed E-state index contributed by atoms with van der Waals surface area (Å²) in [7, 11) is 0. The molecule has 0 aliphatic heterocycles. The Balaban J connectivity index is 1.46. The van der Waals surface area contributed by atoms with Crippen molar-refractivity contribution < 1.29 is 14.3 Å². The van der Waals surface area contributed by atoms with E-state index in [0.29, 0.717) is 18.8 Å². The summed E-state index contributed by atoms with van der Waals surface area (Å²) >= 11 is 0. The zero-order valence-electron chi connectivity index (χ0n) is 19.5. The topological polar surface area (TPSA) is 47.6 Å². The van der Waals surface area contributed by atoms with E-state index in [2.05, 4.69) is 17.4 Å². The Morgan fingerprint density at radius 1 is 0.794 bits per heavy atom. The highest BCUT2D eigenvalue weighted by atomic mass is 16.5. The van der Waals surface area contributed by atoms with Gasteiger partial charge in [-0.2, -0.15) is 0 Å². The van der Waals surface area contributed by atoms with Gasteiger partial charge in [0.05, 0.1) is 12.6 Å². The minimum atomic E-state index is -0.132. The van der Waals surface area contributed by atoms with E-state index in [1.807, 2.05) is 98.8 Å². The van der Waals surface area contributed by atoms with Crippen LogP contribution in [0.5, 0.6) is 11.5 Å². The Hall–Kier alpha value is -4.05. The number of amides is 1. The number of hydrogen-bond donors (Lipinski definition) is 1. The van der Waals surface area contributed by atoms with E-state index in [4.69, 9.17) is 9.47 Å². The van der Waals surface area contributed by atoms with Crippen molar-refractivity contribution in [2.24, 2.45) is 0 Å². The summed E-state index contributed by atoms with van der Waals surface area (Å²) in [4.78, 5) is 12.9. The maximum absolute atomic E-state index is 12.9. The number of ether oxygens (including phenoxy) is 2. The molecule has 4 heteroatoms. The Bertz CT molecular complexity index is 1210. The second-order valence-corrected chi connectivity index (χ2v) is 8.04. The fourth-order valence-corrected chi connectivity index (χ4v) is 3.77. The van der Waals surface area contributed by atoms with Crippen LogP contribution >= 0.6 is 0 Å². The first-order valence-electron chi connectivity index (χ1n) is 11.5. The Morgan fingerprint density at radius 2 is 1.44 bits per heavy atom. The fourth-order valence-electron chi connectivity index (χ4n) is 3.77. The van der Waals surface area contributed by atoms with Gasteiger partial charge in [0.2, 0.25) is 0 Å². The summed E-state index contributed by atoms with van der Waals surface area (Å²) in [6.45, 7) is 4.75. The quantitative estimate of drug-likeness (QED) is 0.304. The minimum Gasteiger partial charge on any atom is -0.493 e. The molecule has 4 aromatic rings. The lowest BCUT2D eigenvalue weighted by Crippen LogP contribution is -2.26. The van der Waals surface area contributed by atoms with Gasteiger partial charge in [0.25, 0.3) is 5.91 Å². The molecule has 0 aliphatic rings. The smallest absolute Gasteiger partial charge is 0.251 e. The molecule has 0 aliphatic carbocycles. The number of carbonyl (C=O) groups is 1. The van der Waals surface area contributed by atoms with Crippen molar-refractivity contribution in [1.82, 2.24) is 5.32 Å². The lowest BCUT2D eigenvalue weighted by molar-refractivity contribution is 0.0939. The molecule has 0 saturated carbocycles. The molecule has 0 radical (unpaired) electrons. The minimum absolute atomic E-state index is 0.0944. The average Bonchev–Trinajstić information content (AvgIpc) is 2.89. The highest BCUT2D eigenvalue weighted by Crippen LogP contribution is 2.26. The maximum Gasteiger partial charge on any atom is 0.251 e. The van der Waals surface area contributed by atoms with E-state index in [1.54, 1.807) is 6.07 Å². The summed E-state index contributed by atoms with van der Waals surface area (Å²) in [6, 6.07) is 33.5. The number of nitrogens with one attached hydrogen (secondary N) is 1. The van der Waals surface area contributed by atoms with Gasteiger partial charge >= 0.3 is 0 Å². The number of benzene rings is 4. The van der Waals surface area contributed by atoms with Crippen molar-refractivity contribution in [3.8, 4) is 22.6 Å². The molecule has 0 fully saturated rings. The summed E-state index contributed by atoms with van der Waals surface area (Å²) in [5.74, 6) is 1.35. The second-order valence-electron chi connectivity index (χ2n) is 8.04. The van der Waals surface area contributed by atoms with Crippen LogP contribution in [0.1, 0.15) is 41.4 Å². The van der Waals surface area contributed by atoms with Gasteiger partial charge in [-0.3, -0.25) is 4.79 Å². The highest BCUT2D eigenvalue weighted by molar-refractivity contribution is 5.94. The Kier molecular flexibility index (Phi) is 7.61. The first-order chi connectivity index (χ1) is 16.6. The van der Waals surface area contributed by atoms with E-state index in [1.165, 1.54) is 0 Å². The van der Waals surface area contributed by atoms with Gasteiger partial charge in [0.15, 0.2) is 0 Å². The van der Waals surface area contributed by atoms with E-state index in [0.717, 1.165) is 33.8 Å². The molecule has 0 spiro atoms. The first kappa shape index (κ1) is 23.1. The summed E-state index contributed by atoms with van der Waals surface area (Å²) in [6.07, 6.45) is 0. The van der Waals surface area contributed by atoms with Crippen molar-refractivity contribution in [2.45, 2.75) is 26.5 Å². The molecular weight excluding hydrogens is 422 g/mol. The van der Waals surface area contributed by atoms with Gasteiger partial charge in [-0.1, -0.05) is 72.8 Å². The zero-order valence-corrected chi connectivity index (χ0v) is 19.5. The third kappa shape index (κ3) is 5.84. The molecule has 1 amide bonds. The van der Waals surface area contributed by atoms with Gasteiger partial charge in [0, 0.05) is 11.1 Å². The SMILES string of the molecule is CCOc1ccc(C(=O)N[C@H](C)c2ccccc2)cc1COc1ccc(-c2ccccc2)cc1. The maximum atomic E-state index is 12.9. The van der Waals surface area contributed by atoms with Crippen LogP contribution in [0.3, 0.4) is 0 Å². The standard InChI is InChI=1S/C30H29NO3/c1-3-33-29-19-16-26(30(32)31-22(2)23-10-6-4-7-11-23)20-27(29)21-34-28-17-14-25(15-18-28)24-12-8-5-9-13-24/h4-20,22H,3,21H2,1-2H3,(H,31,32)/t22-/m1/s1. The average molecular weight is 452 g/mol. The molecule has 1 atom stereocenters. The predicted molar refractivity (Wildman–Crippen MR) is 136 cm³/mol. The van der Waals surface area contributed by atoms with Crippen molar-refractivity contribution in [2.75, 3.05) is 6.61 Å². The molecule has 0 saturated heterocycles. The third-order valence-electron chi connectivity index (χ3n) is 5.63. The van der Waals surface area contributed by atoms with E-state index < -0.39 is 0 Å². The second kappa shape index (κ2) is 11.2. The van der Waals surface area contributed by atoms with Crippen LogP contribution in [0, 0.1) is 0 Å². The lowest BCUT2D eigenvalue weighted by Gasteiger charge is -2.16. The molecule has 0 heterocycles. The van der Waals surface area contributed by atoms with Crippen LogP contribution in [0.25, 0.3) is 11.1 Å². The van der Waals surface area contributed by atoms with Crippen LogP contribution < -0.4 is 14.8 Å². The molecule has 1 N–H and O–H groups in total. The van der Waals surface area contributed by atoms with Gasteiger partial charge in [0.1, 0.15) is 18.1 Å². The molecule has 4 aromatic carbocycles. The Morgan fingerprint density at radius 3 is 2.12 bits per heavy atom. The van der Waals surface area contributed by atoms with Crippen molar-refractivity contribution in [3.05, 3.63) is 120 Å². The Labute approximate surface area is 201 Å². The van der Waals surface area contributed by atoms with Crippen LogP contribution in [-0.4, -0.2) is 12.5 Å². The molecular formula is C30H29NO3. The number of hydrogen-bond acceptors (Lipinski definition) is 3. The van der Waals surface area contributed by atoms with Crippen LogP contribution in [0.15, 0.2) is 103 Å². The van der Waals surface area contributed by atoms with Crippen molar-refractivity contribution >= 4 is 5.91 Å². The van der Waals surface area contributed by atoms with Gasteiger partial charge in [-0.05, 0) is 60.9 Å². The van der Waals surface area contributed by atoms with Crippen LogP contribution in [0.4, 0.5) is 0 Å². The summed E-state index contributed by atoms with van der Waals surface area (Å²) in [5.41, 5.74) is 4.76. The van der Waals surface area contributed by atoms with Gasteiger partial charge in [-0.25, -0.2) is 0 Å². The summed E-state index contributed by atoms with van der Waals surface area (Å²) in [5, 5.41) is 3.07. The fraction of sp³-hybridized carbons (Fsp3) is 0.167. The molecule has 34 heavy (non-hydrogen) atoms. The molecule has 172 valence electrons. The van der Waals surface area contributed by atoms with Gasteiger partial charge in [-0.15, -0.1) is 0 Å². The third-order valence-corrected chi connectivity index (χ3v) is 5.63. The van der Waals surface area contributed by atoms with Crippen molar-refractivity contribution in [3.63, 3.8) is 0 Å². The lowest BCUT2D eigenvalue weighted by atomic mass is 10.1. The molecule has 0 bridgehead atoms. The normalized spacial score (nSPS) is 11.5. The largest absolute Gasteiger partial charge is 0.493 e. The molecule has 4 nitrogen and oxygen atoms in total. The van der Waals surface area contributed by atoms with Gasteiger partial charge < -0.3 is 14.8 Å². The van der Waals surface area contributed by atoms with Crippen LogP contribution in [0.2, 0.25) is 0 Å². The summed E-state index contributed by atoms with van der Waals surface area (Å²) < 4.78 is 11.8. The monoisotopic (exact) mass is 451 g/mol. The molecule has 0 aromatic heterocycles. The molecule has 4 rings (SSSR count). The number of rotatable bonds is 9. The van der Waals surface area contributed by atoms with E-state index >= 15 is 0 Å². The van der Waals surface area contributed by atoms with Crippen LogP contribution in [-0.2, 0) is 6.61 Å².